The van der Waals surface area contributed by atoms with Crippen molar-refractivity contribution in [2.24, 2.45) is 0 Å². The van der Waals surface area contributed by atoms with Crippen molar-refractivity contribution in [2.75, 3.05) is 7.11 Å². The molecule has 5 nitrogen and oxygen atoms in total. The van der Waals surface area contributed by atoms with Crippen LogP contribution in [0.25, 0.3) is 0 Å². The first kappa shape index (κ1) is 10.6. The molecular formula is C7H9F2N3O2. The molecule has 0 aliphatic heterocycles. The standard InChI is InChI=1S/C7H9F2N3O2/c1-4(5(8)9)12-6(7(13)14-2)10-3-11-12/h3-5H,1-2H3. The molecule has 1 rings (SSSR count). The van der Waals surface area contributed by atoms with Crippen LogP contribution in [0.4, 0.5) is 8.78 Å². The third-order valence-electron chi connectivity index (χ3n) is 1.69. The predicted octanol–water partition coefficient (Wildman–Crippen LogP) is 0.891. The van der Waals surface area contributed by atoms with Gasteiger partial charge in [0.2, 0.25) is 5.82 Å². The number of alkyl halides is 2. The van der Waals surface area contributed by atoms with Gasteiger partial charge in [0.1, 0.15) is 12.4 Å². The fraction of sp³-hybridized carbons (Fsp3) is 0.571. The highest BCUT2D eigenvalue weighted by atomic mass is 19.3. The van der Waals surface area contributed by atoms with E-state index < -0.39 is 18.4 Å². The zero-order chi connectivity index (χ0) is 10.7. The van der Waals surface area contributed by atoms with Crippen LogP contribution in [0.3, 0.4) is 0 Å². The largest absolute Gasteiger partial charge is 0.463 e. The number of aromatic nitrogens is 3. The van der Waals surface area contributed by atoms with Crippen molar-refractivity contribution < 1.29 is 18.3 Å². The van der Waals surface area contributed by atoms with Gasteiger partial charge in [-0.15, -0.1) is 0 Å². The second kappa shape index (κ2) is 4.12. The maximum atomic E-state index is 12.3. The van der Waals surface area contributed by atoms with Crippen LogP contribution < -0.4 is 0 Å². The zero-order valence-corrected chi connectivity index (χ0v) is 7.65. The molecule has 1 unspecified atom stereocenters. The van der Waals surface area contributed by atoms with Gasteiger partial charge in [-0.1, -0.05) is 0 Å². The van der Waals surface area contributed by atoms with Crippen LogP contribution in [0.5, 0.6) is 0 Å². The number of halogens is 2. The number of carbonyl (C=O) groups excluding carboxylic acids is 1. The molecule has 1 aromatic rings. The average molecular weight is 205 g/mol. The van der Waals surface area contributed by atoms with Gasteiger partial charge in [0.15, 0.2) is 0 Å². The highest BCUT2D eigenvalue weighted by molar-refractivity contribution is 5.85. The Morgan fingerprint density at radius 2 is 2.29 bits per heavy atom. The van der Waals surface area contributed by atoms with E-state index in [1.54, 1.807) is 0 Å². The van der Waals surface area contributed by atoms with Crippen molar-refractivity contribution >= 4 is 5.97 Å². The molecule has 7 heteroatoms. The summed E-state index contributed by atoms with van der Waals surface area (Å²) in [7, 11) is 1.15. The Morgan fingerprint density at radius 1 is 1.64 bits per heavy atom. The minimum absolute atomic E-state index is 0.222. The average Bonchev–Trinajstić information content (AvgIpc) is 2.63. The summed E-state index contributed by atoms with van der Waals surface area (Å²) in [6, 6.07) is -1.20. The first-order valence-electron chi connectivity index (χ1n) is 3.84. The van der Waals surface area contributed by atoms with Crippen LogP contribution in [0.1, 0.15) is 23.6 Å². The van der Waals surface area contributed by atoms with Crippen molar-refractivity contribution in [3.63, 3.8) is 0 Å². The van der Waals surface area contributed by atoms with E-state index in [0.717, 1.165) is 18.1 Å². The van der Waals surface area contributed by atoms with Gasteiger partial charge in [0.05, 0.1) is 7.11 Å². The molecule has 0 aromatic carbocycles. The molecule has 0 saturated carbocycles. The number of carbonyl (C=O) groups is 1. The summed E-state index contributed by atoms with van der Waals surface area (Å²) in [5.41, 5.74) is 0. The second-order valence-corrected chi connectivity index (χ2v) is 2.59. The summed E-state index contributed by atoms with van der Waals surface area (Å²) in [6.07, 6.45) is -1.58. The van der Waals surface area contributed by atoms with Crippen LogP contribution >= 0.6 is 0 Å². The molecule has 0 spiro atoms. The Balaban J connectivity index is 2.98. The van der Waals surface area contributed by atoms with E-state index >= 15 is 0 Å². The van der Waals surface area contributed by atoms with E-state index in [4.69, 9.17) is 0 Å². The van der Waals surface area contributed by atoms with Crippen LogP contribution in [0.2, 0.25) is 0 Å². The van der Waals surface area contributed by atoms with Crippen LogP contribution in [0.15, 0.2) is 6.33 Å². The van der Waals surface area contributed by atoms with Gasteiger partial charge in [0.25, 0.3) is 6.43 Å². The smallest absolute Gasteiger partial charge is 0.375 e. The van der Waals surface area contributed by atoms with Crippen molar-refractivity contribution in [3.8, 4) is 0 Å². The van der Waals surface area contributed by atoms with Gasteiger partial charge in [-0.2, -0.15) is 5.10 Å². The van der Waals surface area contributed by atoms with Gasteiger partial charge in [-0.25, -0.2) is 23.2 Å². The minimum Gasteiger partial charge on any atom is -0.463 e. The normalized spacial score (nSPS) is 12.9. The van der Waals surface area contributed by atoms with Gasteiger partial charge in [-0.05, 0) is 6.92 Å². The highest BCUT2D eigenvalue weighted by Gasteiger charge is 2.24. The SMILES string of the molecule is COC(=O)c1ncnn1C(C)C(F)F. The molecule has 0 N–H and O–H groups in total. The highest BCUT2D eigenvalue weighted by Crippen LogP contribution is 2.15. The lowest BCUT2D eigenvalue weighted by Gasteiger charge is -2.11. The van der Waals surface area contributed by atoms with Crippen LogP contribution in [-0.2, 0) is 4.74 Å². The molecule has 1 atom stereocenters. The third kappa shape index (κ3) is 1.86. The maximum absolute atomic E-state index is 12.3. The number of hydrogen-bond donors (Lipinski definition) is 0. The number of esters is 1. The van der Waals surface area contributed by atoms with Gasteiger partial charge < -0.3 is 4.74 Å². The van der Waals surface area contributed by atoms with Crippen molar-refractivity contribution in [2.45, 2.75) is 19.4 Å². The van der Waals surface area contributed by atoms with E-state index in [0.29, 0.717) is 0 Å². The molecule has 0 aliphatic rings. The fourth-order valence-electron chi connectivity index (χ4n) is 0.892. The minimum atomic E-state index is -2.61. The molecule has 0 radical (unpaired) electrons. The molecule has 0 bridgehead atoms. The molecule has 1 aromatic heterocycles. The van der Waals surface area contributed by atoms with Gasteiger partial charge >= 0.3 is 5.97 Å². The maximum Gasteiger partial charge on any atom is 0.375 e. The second-order valence-electron chi connectivity index (χ2n) is 2.59. The summed E-state index contributed by atoms with van der Waals surface area (Å²) in [5, 5.41) is 3.53. The monoisotopic (exact) mass is 205 g/mol. The van der Waals surface area contributed by atoms with E-state index in [1.807, 2.05) is 0 Å². The Labute approximate surface area is 78.7 Å². The first-order valence-corrected chi connectivity index (χ1v) is 3.84. The number of ether oxygens (including phenoxy) is 1. The first-order chi connectivity index (χ1) is 6.57. The number of nitrogens with zero attached hydrogens (tertiary/aromatic N) is 3. The van der Waals surface area contributed by atoms with E-state index in [2.05, 4.69) is 14.8 Å². The topological polar surface area (TPSA) is 57.0 Å². The van der Waals surface area contributed by atoms with Crippen LogP contribution in [0, 0.1) is 0 Å². The van der Waals surface area contributed by atoms with Crippen LogP contribution in [-0.4, -0.2) is 34.3 Å². The third-order valence-corrected chi connectivity index (χ3v) is 1.69. The Hall–Kier alpha value is -1.53. The van der Waals surface area contributed by atoms with E-state index in [-0.39, 0.29) is 5.82 Å². The Kier molecular flexibility index (Phi) is 3.10. The quantitative estimate of drug-likeness (QED) is 0.687. The Morgan fingerprint density at radius 3 is 2.79 bits per heavy atom. The molecule has 14 heavy (non-hydrogen) atoms. The molecule has 0 fully saturated rings. The van der Waals surface area contributed by atoms with Gasteiger partial charge in [-0.3, -0.25) is 0 Å². The zero-order valence-electron chi connectivity index (χ0n) is 7.65. The van der Waals surface area contributed by atoms with Gasteiger partial charge in [0, 0.05) is 0 Å². The molecule has 1 heterocycles. The number of rotatable bonds is 3. The lowest BCUT2D eigenvalue weighted by atomic mass is 10.3. The molecule has 0 saturated heterocycles. The lowest BCUT2D eigenvalue weighted by molar-refractivity contribution is 0.0541. The lowest BCUT2D eigenvalue weighted by Crippen LogP contribution is -2.21. The van der Waals surface area contributed by atoms with Crippen molar-refractivity contribution in [1.82, 2.24) is 14.8 Å². The summed E-state index contributed by atoms with van der Waals surface area (Å²) in [6.45, 7) is 1.24. The molecule has 0 amide bonds. The summed E-state index contributed by atoms with van der Waals surface area (Å²) in [5.74, 6) is -1.00. The van der Waals surface area contributed by atoms with E-state index in [1.165, 1.54) is 6.92 Å². The van der Waals surface area contributed by atoms with Crippen molar-refractivity contribution in [3.05, 3.63) is 12.2 Å². The molecule has 78 valence electrons. The Bertz CT molecular complexity index is 326. The van der Waals surface area contributed by atoms with Crippen molar-refractivity contribution in [1.29, 1.82) is 0 Å². The summed E-state index contributed by atoms with van der Waals surface area (Å²) >= 11 is 0. The number of hydrogen-bond acceptors (Lipinski definition) is 4. The predicted molar refractivity (Wildman–Crippen MR) is 42.1 cm³/mol. The number of methoxy groups -OCH3 is 1. The fourth-order valence-corrected chi connectivity index (χ4v) is 0.892. The van der Waals surface area contributed by atoms with E-state index in [9.17, 15) is 13.6 Å². The summed E-state index contributed by atoms with van der Waals surface area (Å²) < 4.78 is 29.8. The molecule has 0 aliphatic carbocycles. The molecular weight excluding hydrogens is 196 g/mol. The summed E-state index contributed by atoms with van der Waals surface area (Å²) in [4.78, 5) is 14.6.